The predicted molar refractivity (Wildman–Crippen MR) is 75.0 cm³/mol. The maximum absolute atomic E-state index is 5.08. The minimum Gasteiger partial charge on any atom is -0.385 e. The van der Waals surface area contributed by atoms with Crippen LogP contribution in [0.15, 0.2) is 30.6 Å². The third-order valence-corrected chi connectivity index (χ3v) is 2.80. The van der Waals surface area contributed by atoms with E-state index in [-0.39, 0.29) is 0 Å². The molecule has 0 saturated heterocycles. The SMILES string of the molecule is COCCCn1cc(C)nc1NCc1ccccn1. The first-order valence-corrected chi connectivity index (χ1v) is 6.46. The third-order valence-electron chi connectivity index (χ3n) is 2.80. The molecule has 0 aliphatic heterocycles. The highest BCUT2D eigenvalue weighted by atomic mass is 16.5. The fraction of sp³-hybridized carbons (Fsp3) is 0.429. The fourth-order valence-corrected chi connectivity index (χ4v) is 1.91. The number of rotatable bonds is 7. The van der Waals surface area contributed by atoms with Crippen molar-refractivity contribution in [2.45, 2.75) is 26.4 Å². The molecule has 0 spiro atoms. The molecule has 0 bridgehead atoms. The highest BCUT2D eigenvalue weighted by molar-refractivity contribution is 5.29. The largest absolute Gasteiger partial charge is 0.385 e. The normalized spacial score (nSPS) is 10.6. The quantitative estimate of drug-likeness (QED) is 0.776. The molecule has 5 heteroatoms. The van der Waals surface area contributed by atoms with E-state index in [2.05, 4.69) is 26.0 Å². The number of pyridine rings is 1. The highest BCUT2D eigenvalue weighted by Crippen LogP contribution is 2.10. The van der Waals surface area contributed by atoms with Gasteiger partial charge in [-0.15, -0.1) is 0 Å². The average molecular weight is 260 g/mol. The zero-order valence-corrected chi connectivity index (χ0v) is 11.5. The fourth-order valence-electron chi connectivity index (χ4n) is 1.91. The summed E-state index contributed by atoms with van der Waals surface area (Å²) in [7, 11) is 1.72. The molecule has 0 aliphatic rings. The van der Waals surface area contributed by atoms with Crippen LogP contribution in [0.2, 0.25) is 0 Å². The number of nitrogens with one attached hydrogen (secondary N) is 1. The molecule has 5 nitrogen and oxygen atoms in total. The lowest BCUT2D eigenvalue weighted by Gasteiger charge is -2.09. The van der Waals surface area contributed by atoms with Gasteiger partial charge in [-0.05, 0) is 25.5 Å². The maximum atomic E-state index is 5.08. The van der Waals surface area contributed by atoms with Crippen LogP contribution in [0.4, 0.5) is 5.95 Å². The lowest BCUT2D eigenvalue weighted by molar-refractivity contribution is 0.190. The van der Waals surface area contributed by atoms with Crippen molar-refractivity contribution in [1.82, 2.24) is 14.5 Å². The summed E-state index contributed by atoms with van der Waals surface area (Å²) < 4.78 is 7.20. The van der Waals surface area contributed by atoms with Crippen LogP contribution in [0, 0.1) is 6.92 Å². The molecule has 0 saturated carbocycles. The molecule has 1 N–H and O–H groups in total. The van der Waals surface area contributed by atoms with E-state index in [9.17, 15) is 0 Å². The van der Waals surface area contributed by atoms with Gasteiger partial charge < -0.3 is 14.6 Å². The van der Waals surface area contributed by atoms with Crippen molar-refractivity contribution >= 4 is 5.95 Å². The minimum absolute atomic E-state index is 0.682. The number of imidazole rings is 1. The zero-order valence-electron chi connectivity index (χ0n) is 11.5. The number of nitrogens with zero attached hydrogens (tertiary/aromatic N) is 3. The standard InChI is InChI=1S/C14H20N4O/c1-12-11-18(8-5-9-19-2)14(17-12)16-10-13-6-3-4-7-15-13/h3-4,6-7,11H,5,8-10H2,1-2H3,(H,16,17). The second kappa shape index (κ2) is 6.89. The summed E-state index contributed by atoms with van der Waals surface area (Å²) in [4.78, 5) is 8.77. The molecule has 0 radical (unpaired) electrons. The molecule has 0 fully saturated rings. The van der Waals surface area contributed by atoms with E-state index in [1.54, 1.807) is 13.3 Å². The van der Waals surface area contributed by atoms with Crippen molar-refractivity contribution in [2.75, 3.05) is 19.0 Å². The first-order valence-electron chi connectivity index (χ1n) is 6.46. The molecule has 0 unspecified atom stereocenters. The zero-order chi connectivity index (χ0) is 13.5. The molecule has 0 atom stereocenters. The van der Waals surface area contributed by atoms with Crippen LogP contribution in [0.1, 0.15) is 17.8 Å². The van der Waals surface area contributed by atoms with Crippen molar-refractivity contribution in [3.05, 3.63) is 42.0 Å². The second-order valence-corrected chi connectivity index (χ2v) is 4.42. The monoisotopic (exact) mass is 260 g/mol. The van der Waals surface area contributed by atoms with Gasteiger partial charge in [0.05, 0.1) is 17.9 Å². The van der Waals surface area contributed by atoms with Crippen LogP contribution in [-0.2, 0) is 17.8 Å². The molecule has 0 aliphatic carbocycles. The van der Waals surface area contributed by atoms with E-state index in [1.165, 1.54) is 0 Å². The summed E-state index contributed by atoms with van der Waals surface area (Å²) in [6, 6.07) is 5.90. The summed E-state index contributed by atoms with van der Waals surface area (Å²) >= 11 is 0. The summed E-state index contributed by atoms with van der Waals surface area (Å²) in [5.41, 5.74) is 2.02. The van der Waals surface area contributed by atoms with E-state index in [4.69, 9.17) is 4.74 Å². The first kappa shape index (κ1) is 13.5. The topological polar surface area (TPSA) is 52.0 Å². The Morgan fingerprint density at radius 2 is 2.26 bits per heavy atom. The van der Waals surface area contributed by atoms with Gasteiger partial charge in [0.2, 0.25) is 5.95 Å². The molecular weight excluding hydrogens is 240 g/mol. The molecule has 0 amide bonds. The van der Waals surface area contributed by atoms with Crippen LogP contribution in [0.3, 0.4) is 0 Å². The molecule has 102 valence electrons. The Kier molecular flexibility index (Phi) is 4.92. The van der Waals surface area contributed by atoms with Crippen molar-refractivity contribution in [1.29, 1.82) is 0 Å². The first-order chi connectivity index (χ1) is 9.29. The number of aromatic nitrogens is 3. The minimum atomic E-state index is 0.682. The Morgan fingerprint density at radius 1 is 1.37 bits per heavy atom. The lowest BCUT2D eigenvalue weighted by Crippen LogP contribution is -2.09. The Hall–Kier alpha value is -1.88. The number of methoxy groups -OCH3 is 1. The van der Waals surface area contributed by atoms with Gasteiger partial charge in [-0.3, -0.25) is 4.98 Å². The third kappa shape index (κ3) is 4.06. The Balaban J connectivity index is 1.95. The Bertz CT molecular complexity index is 495. The summed E-state index contributed by atoms with van der Waals surface area (Å²) in [5, 5.41) is 3.33. The second-order valence-electron chi connectivity index (χ2n) is 4.42. The van der Waals surface area contributed by atoms with E-state index in [0.29, 0.717) is 6.54 Å². The molecule has 2 rings (SSSR count). The van der Waals surface area contributed by atoms with Gasteiger partial charge in [0.25, 0.3) is 0 Å². The number of anilines is 1. The van der Waals surface area contributed by atoms with Gasteiger partial charge in [0.1, 0.15) is 0 Å². The number of hydrogen-bond acceptors (Lipinski definition) is 4. The van der Waals surface area contributed by atoms with Crippen LogP contribution < -0.4 is 5.32 Å². The number of aryl methyl sites for hydroxylation is 2. The highest BCUT2D eigenvalue weighted by Gasteiger charge is 2.05. The van der Waals surface area contributed by atoms with Crippen molar-refractivity contribution in [3.8, 4) is 0 Å². The molecule has 19 heavy (non-hydrogen) atoms. The van der Waals surface area contributed by atoms with Crippen LogP contribution >= 0.6 is 0 Å². The van der Waals surface area contributed by atoms with E-state index < -0.39 is 0 Å². The summed E-state index contributed by atoms with van der Waals surface area (Å²) in [5.74, 6) is 0.888. The predicted octanol–water partition coefficient (Wildman–Crippen LogP) is 2.24. The van der Waals surface area contributed by atoms with Gasteiger partial charge in [-0.25, -0.2) is 4.98 Å². The summed E-state index contributed by atoms with van der Waals surface area (Å²) in [6.07, 6.45) is 4.83. The van der Waals surface area contributed by atoms with Gasteiger partial charge in [-0.1, -0.05) is 6.07 Å². The average Bonchev–Trinajstić information content (AvgIpc) is 2.78. The Morgan fingerprint density at radius 3 is 3.00 bits per heavy atom. The van der Waals surface area contributed by atoms with E-state index in [0.717, 1.165) is 36.9 Å². The van der Waals surface area contributed by atoms with Gasteiger partial charge in [0.15, 0.2) is 0 Å². The van der Waals surface area contributed by atoms with Crippen molar-refractivity contribution in [2.24, 2.45) is 0 Å². The van der Waals surface area contributed by atoms with Crippen LogP contribution in [-0.4, -0.2) is 28.3 Å². The molecule has 2 aromatic rings. The van der Waals surface area contributed by atoms with Crippen LogP contribution in [0.25, 0.3) is 0 Å². The number of ether oxygens (including phenoxy) is 1. The van der Waals surface area contributed by atoms with Gasteiger partial charge >= 0.3 is 0 Å². The summed E-state index contributed by atoms with van der Waals surface area (Å²) in [6.45, 7) is 4.34. The number of hydrogen-bond donors (Lipinski definition) is 1. The van der Waals surface area contributed by atoms with Crippen molar-refractivity contribution in [3.63, 3.8) is 0 Å². The lowest BCUT2D eigenvalue weighted by atomic mass is 10.3. The van der Waals surface area contributed by atoms with Gasteiger partial charge in [0, 0.05) is 32.7 Å². The molecule has 2 heterocycles. The maximum Gasteiger partial charge on any atom is 0.203 e. The molecular formula is C14H20N4O. The van der Waals surface area contributed by atoms with Crippen LogP contribution in [0.5, 0.6) is 0 Å². The van der Waals surface area contributed by atoms with Crippen molar-refractivity contribution < 1.29 is 4.74 Å². The van der Waals surface area contributed by atoms with E-state index >= 15 is 0 Å². The molecule has 0 aromatic carbocycles. The smallest absolute Gasteiger partial charge is 0.203 e. The Labute approximate surface area is 113 Å². The van der Waals surface area contributed by atoms with E-state index in [1.807, 2.05) is 25.1 Å². The molecule has 2 aromatic heterocycles. The van der Waals surface area contributed by atoms with Gasteiger partial charge in [-0.2, -0.15) is 0 Å².